The molecule has 0 aliphatic heterocycles. The number of halogens is 3. The normalized spacial score (nSPS) is 12.4. The lowest BCUT2D eigenvalue weighted by molar-refractivity contribution is 0.610. The van der Waals surface area contributed by atoms with Crippen molar-refractivity contribution >= 4 is 27.5 Å². The summed E-state index contributed by atoms with van der Waals surface area (Å²) in [4.78, 5) is 0. The van der Waals surface area contributed by atoms with Crippen LogP contribution in [0.25, 0.3) is 0 Å². The molecule has 0 fully saturated rings. The Hall–Kier alpha value is -0.900. The Bertz CT molecular complexity index is 542. The fourth-order valence-corrected chi connectivity index (χ4v) is 2.48. The van der Waals surface area contributed by atoms with Crippen LogP contribution in [0.5, 0.6) is 0 Å². The van der Waals surface area contributed by atoms with Gasteiger partial charge in [0.1, 0.15) is 5.82 Å². The van der Waals surface area contributed by atoms with E-state index >= 15 is 0 Å². The summed E-state index contributed by atoms with van der Waals surface area (Å²) in [5.74, 6) is -0.293. The van der Waals surface area contributed by atoms with Crippen LogP contribution < -0.4 is 5.73 Å². The molecule has 0 spiro atoms. The van der Waals surface area contributed by atoms with Crippen LogP contribution in [-0.2, 0) is 6.42 Å². The topological polar surface area (TPSA) is 26.0 Å². The summed E-state index contributed by atoms with van der Waals surface area (Å²) in [6, 6.07) is 12.1. The lowest BCUT2D eigenvalue weighted by Gasteiger charge is -2.14. The SMILES string of the molecule is NC(Cc1ccc(Cl)cc1)c1cccc(F)c1Br. The van der Waals surface area contributed by atoms with Gasteiger partial charge in [0.05, 0.1) is 4.47 Å². The van der Waals surface area contributed by atoms with E-state index in [2.05, 4.69) is 15.9 Å². The molecule has 0 aliphatic rings. The molecule has 0 heterocycles. The highest BCUT2D eigenvalue weighted by Crippen LogP contribution is 2.27. The van der Waals surface area contributed by atoms with Crippen molar-refractivity contribution in [1.82, 2.24) is 0 Å². The summed E-state index contributed by atoms with van der Waals surface area (Å²) in [6.07, 6.45) is 0.638. The Kier molecular flexibility index (Phi) is 4.38. The zero-order chi connectivity index (χ0) is 13.1. The van der Waals surface area contributed by atoms with Gasteiger partial charge in [-0.2, -0.15) is 0 Å². The first-order valence-corrected chi connectivity index (χ1v) is 6.69. The predicted octanol–water partition coefficient (Wildman–Crippen LogP) is 4.48. The molecular formula is C14H12BrClFN. The third-order valence-electron chi connectivity index (χ3n) is 2.75. The summed E-state index contributed by atoms with van der Waals surface area (Å²) >= 11 is 9.05. The van der Waals surface area contributed by atoms with Crippen LogP contribution in [0.1, 0.15) is 17.2 Å². The molecule has 0 saturated heterocycles. The van der Waals surface area contributed by atoms with Crippen molar-refractivity contribution in [3.63, 3.8) is 0 Å². The summed E-state index contributed by atoms with van der Waals surface area (Å²) < 4.78 is 13.8. The molecule has 0 aromatic heterocycles. The average Bonchev–Trinajstić information content (AvgIpc) is 2.35. The maximum Gasteiger partial charge on any atom is 0.137 e. The lowest BCUT2D eigenvalue weighted by Crippen LogP contribution is -2.14. The fourth-order valence-electron chi connectivity index (χ4n) is 1.79. The zero-order valence-electron chi connectivity index (χ0n) is 9.54. The van der Waals surface area contributed by atoms with E-state index in [9.17, 15) is 4.39 Å². The smallest absolute Gasteiger partial charge is 0.137 e. The standard InChI is InChI=1S/C14H12BrClFN/c15-14-11(2-1-3-12(14)17)13(18)8-9-4-6-10(16)7-5-9/h1-7,13H,8,18H2. The molecular weight excluding hydrogens is 317 g/mol. The van der Waals surface area contributed by atoms with Gasteiger partial charge < -0.3 is 5.73 Å². The predicted molar refractivity (Wildman–Crippen MR) is 76.2 cm³/mol. The van der Waals surface area contributed by atoms with E-state index in [1.807, 2.05) is 30.3 Å². The molecule has 2 N–H and O–H groups in total. The van der Waals surface area contributed by atoms with Crippen molar-refractivity contribution < 1.29 is 4.39 Å². The van der Waals surface area contributed by atoms with Gasteiger partial charge in [-0.05, 0) is 51.7 Å². The second-order valence-corrected chi connectivity index (χ2v) is 5.31. The molecule has 94 valence electrons. The quantitative estimate of drug-likeness (QED) is 0.883. The summed E-state index contributed by atoms with van der Waals surface area (Å²) in [7, 11) is 0. The summed E-state index contributed by atoms with van der Waals surface area (Å²) in [5.41, 5.74) is 7.95. The molecule has 0 radical (unpaired) electrons. The third kappa shape index (κ3) is 3.10. The van der Waals surface area contributed by atoms with E-state index in [-0.39, 0.29) is 11.9 Å². The summed E-state index contributed by atoms with van der Waals surface area (Å²) in [5, 5.41) is 0.694. The minimum Gasteiger partial charge on any atom is -0.324 e. The van der Waals surface area contributed by atoms with Gasteiger partial charge in [0.2, 0.25) is 0 Å². The van der Waals surface area contributed by atoms with Crippen LogP contribution >= 0.6 is 27.5 Å². The number of hydrogen-bond donors (Lipinski definition) is 1. The van der Waals surface area contributed by atoms with E-state index in [0.717, 1.165) is 11.1 Å². The molecule has 2 aromatic carbocycles. The van der Waals surface area contributed by atoms with Gasteiger partial charge in [-0.15, -0.1) is 0 Å². The maximum absolute atomic E-state index is 13.4. The van der Waals surface area contributed by atoms with Gasteiger partial charge in [-0.1, -0.05) is 35.9 Å². The number of hydrogen-bond acceptors (Lipinski definition) is 1. The first kappa shape index (κ1) is 13.5. The van der Waals surface area contributed by atoms with E-state index in [1.54, 1.807) is 6.07 Å². The third-order valence-corrected chi connectivity index (χ3v) is 3.84. The molecule has 0 saturated carbocycles. The Morgan fingerprint density at radius 1 is 1.17 bits per heavy atom. The molecule has 2 aromatic rings. The zero-order valence-corrected chi connectivity index (χ0v) is 11.9. The van der Waals surface area contributed by atoms with Crippen LogP contribution in [0.3, 0.4) is 0 Å². The number of benzene rings is 2. The van der Waals surface area contributed by atoms with Crippen LogP contribution in [-0.4, -0.2) is 0 Å². The Labute approximate surface area is 119 Å². The highest BCUT2D eigenvalue weighted by Gasteiger charge is 2.13. The largest absolute Gasteiger partial charge is 0.324 e. The highest BCUT2D eigenvalue weighted by molar-refractivity contribution is 9.10. The van der Waals surface area contributed by atoms with Crippen molar-refractivity contribution in [2.75, 3.05) is 0 Å². The van der Waals surface area contributed by atoms with E-state index in [1.165, 1.54) is 6.07 Å². The minimum atomic E-state index is -0.293. The maximum atomic E-state index is 13.4. The molecule has 0 amide bonds. The van der Waals surface area contributed by atoms with Gasteiger partial charge in [0, 0.05) is 11.1 Å². The van der Waals surface area contributed by atoms with Gasteiger partial charge in [0.25, 0.3) is 0 Å². The molecule has 18 heavy (non-hydrogen) atoms. The fraction of sp³-hybridized carbons (Fsp3) is 0.143. The van der Waals surface area contributed by atoms with E-state index in [0.29, 0.717) is 15.9 Å². The minimum absolute atomic E-state index is 0.253. The molecule has 1 unspecified atom stereocenters. The van der Waals surface area contributed by atoms with Gasteiger partial charge in [-0.25, -0.2) is 4.39 Å². The lowest BCUT2D eigenvalue weighted by atomic mass is 10.00. The van der Waals surface area contributed by atoms with E-state index in [4.69, 9.17) is 17.3 Å². The Morgan fingerprint density at radius 3 is 2.50 bits per heavy atom. The van der Waals surface area contributed by atoms with Crippen molar-refractivity contribution in [3.8, 4) is 0 Å². The van der Waals surface area contributed by atoms with Crippen LogP contribution in [0.4, 0.5) is 4.39 Å². The van der Waals surface area contributed by atoms with Crippen molar-refractivity contribution in [3.05, 3.63) is 68.9 Å². The molecule has 1 atom stereocenters. The van der Waals surface area contributed by atoms with Gasteiger partial charge in [-0.3, -0.25) is 0 Å². The monoisotopic (exact) mass is 327 g/mol. The number of rotatable bonds is 3. The van der Waals surface area contributed by atoms with Crippen LogP contribution in [0.2, 0.25) is 5.02 Å². The van der Waals surface area contributed by atoms with Gasteiger partial charge >= 0.3 is 0 Å². The van der Waals surface area contributed by atoms with Crippen LogP contribution in [0.15, 0.2) is 46.9 Å². The summed E-state index contributed by atoms with van der Waals surface area (Å²) in [6.45, 7) is 0. The molecule has 1 nitrogen and oxygen atoms in total. The second kappa shape index (κ2) is 5.83. The second-order valence-electron chi connectivity index (χ2n) is 4.08. The first-order valence-electron chi connectivity index (χ1n) is 5.52. The molecule has 2 rings (SSSR count). The van der Waals surface area contributed by atoms with Gasteiger partial charge in [0.15, 0.2) is 0 Å². The van der Waals surface area contributed by atoms with Crippen molar-refractivity contribution in [2.24, 2.45) is 5.73 Å². The van der Waals surface area contributed by atoms with Crippen LogP contribution in [0, 0.1) is 5.82 Å². The molecule has 0 aliphatic carbocycles. The Balaban J connectivity index is 2.19. The molecule has 0 bridgehead atoms. The van der Waals surface area contributed by atoms with E-state index < -0.39 is 0 Å². The molecule has 4 heteroatoms. The highest BCUT2D eigenvalue weighted by atomic mass is 79.9. The average molecular weight is 329 g/mol. The number of nitrogens with two attached hydrogens (primary N) is 1. The van der Waals surface area contributed by atoms with Crippen molar-refractivity contribution in [2.45, 2.75) is 12.5 Å². The first-order chi connectivity index (χ1) is 8.58. The Morgan fingerprint density at radius 2 is 1.83 bits per heavy atom. The van der Waals surface area contributed by atoms with Crippen molar-refractivity contribution in [1.29, 1.82) is 0 Å².